The maximum absolute atomic E-state index is 7.37. The number of nitrogens with one attached hydrogen (secondary N) is 1. The zero-order valence-electron chi connectivity index (χ0n) is 12.3. The second kappa shape index (κ2) is 6.13. The van der Waals surface area contributed by atoms with E-state index in [1.165, 1.54) is 29.5 Å². The van der Waals surface area contributed by atoms with Crippen LogP contribution in [0.25, 0.3) is 11.1 Å². The van der Waals surface area contributed by atoms with E-state index in [-0.39, 0.29) is 0 Å². The summed E-state index contributed by atoms with van der Waals surface area (Å²) < 4.78 is 0. The van der Waals surface area contributed by atoms with Crippen molar-refractivity contribution in [3.8, 4) is 11.1 Å². The van der Waals surface area contributed by atoms with E-state index in [2.05, 4.69) is 36.4 Å². The number of nitrogen functional groups attached to an aromatic ring is 1. The molecular weight excluding hydrogens is 256 g/mol. The van der Waals surface area contributed by atoms with Gasteiger partial charge in [0.15, 0.2) is 0 Å². The number of nitrogens with two attached hydrogens (primary N) is 1. The molecule has 0 amide bonds. The Morgan fingerprint density at radius 3 is 1.86 bits per heavy atom. The molecule has 2 nitrogen and oxygen atoms in total. The van der Waals surface area contributed by atoms with Crippen LogP contribution >= 0.6 is 0 Å². The topological polar surface area (TPSA) is 49.9 Å². The first-order chi connectivity index (χ1) is 10.3. The second-order valence-electron chi connectivity index (χ2n) is 6.02. The van der Waals surface area contributed by atoms with Gasteiger partial charge in [0.25, 0.3) is 0 Å². The second-order valence-corrected chi connectivity index (χ2v) is 6.02. The smallest absolute Gasteiger partial charge is 0.0314 e. The minimum Gasteiger partial charge on any atom is -0.399 e. The van der Waals surface area contributed by atoms with Crippen LogP contribution in [0.3, 0.4) is 0 Å². The number of rotatable bonds is 3. The molecule has 0 saturated heterocycles. The summed E-state index contributed by atoms with van der Waals surface area (Å²) in [5, 5.41) is 7.37. The molecule has 0 bridgehead atoms. The fourth-order valence-corrected chi connectivity index (χ4v) is 3.24. The Morgan fingerprint density at radius 1 is 0.810 bits per heavy atom. The standard InChI is InChI=1S/C19H22N2/c20-13-14-1-3-15(4-2-14)16-5-7-17(8-6-16)18-9-11-19(21)12-10-18/h5-15,20H,1-4,21H2. The molecule has 0 heterocycles. The molecule has 0 aliphatic heterocycles. The quantitative estimate of drug-likeness (QED) is 0.611. The van der Waals surface area contributed by atoms with Crippen molar-refractivity contribution in [3.63, 3.8) is 0 Å². The molecule has 0 spiro atoms. The molecule has 0 unspecified atom stereocenters. The molecule has 2 aromatic carbocycles. The predicted molar refractivity (Wildman–Crippen MR) is 89.8 cm³/mol. The number of benzene rings is 2. The van der Waals surface area contributed by atoms with Gasteiger partial charge in [-0.15, -0.1) is 0 Å². The van der Waals surface area contributed by atoms with E-state index in [1.54, 1.807) is 6.21 Å². The lowest BCUT2D eigenvalue weighted by atomic mass is 9.79. The molecule has 108 valence electrons. The van der Waals surface area contributed by atoms with Gasteiger partial charge in [-0.05, 0) is 72.6 Å². The van der Waals surface area contributed by atoms with Gasteiger partial charge in [0.05, 0.1) is 0 Å². The molecule has 1 saturated carbocycles. The monoisotopic (exact) mass is 278 g/mol. The first-order valence-corrected chi connectivity index (χ1v) is 7.73. The summed E-state index contributed by atoms with van der Waals surface area (Å²) in [7, 11) is 0. The maximum atomic E-state index is 7.37. The Balaban J connectivity index is 1.72. The van der Waals surface area contributed by atoms with Gasteiger partial charge < -0.3 is 11.1 Å². The average Bonchev–Trinajstić information content (AvgIpc) is 2.56. The molecule has 0 radical (unpaired) electrons. The highest BCUT2D eigenvalue weighted by Crippen LogP contribution is 2.35. The molecule has 21 heavy (non-hydrogen) atoms. The normalized spacial score (nSPS) is 21.9. The Labute approximate surface area is 126 Å². The van der Waals surface area contributed by atoms with Crippen molar-refractivity contribution in [2.45, 2.75) is 31.6 Å². The van der Waals surface area contributed by atoms with Crippen molar-refractivity contribution in [2.24, 2.45) is 5.92 Å². The van der Waals surface area contributed by atoms with Crippen LogP contribution < -0.4 is 5.73 Å². The van der Waals surface area contributed by atoms with E-state index in [0.717, 1.165) is 18.5 Å². The van der Waals surface area contributed by atoms with E-state index in [1.807, 2.05) is 12.1 Å². The van der Waals surface area contributed by atoms with Crippen LogP contribution in [0.2, 0.25) is 0 Å². The average molecular weight is 278 g/mol. The van der Waals surface area contributed by atoms with Crippen LogP contribution in [0, 0.1) is 11.3 Å². The van der Waals surface area contributed by atoms with Crippen LogP contribution in [-0.2, 0) is 0 Å². The molecule has 0 aromatic heterocycles. The number of hydrogen-bond acceptors (Lipinski definition) is 2. The Kier molecular flexibility index (Phi) is 4.05. The van der Waals surface area contributed by atoms with Crippen LogP contribution in [0.1, 0.15) is 37.2 Å². The Bertz CT molecular complexity index is 590. The minimum absolute atomic E-state index is 0.510. The summed E-state index contributed by atoms with van der Waals surface area (Å²) in [6.45, 7) is 0. The van der Waals surface area contributed by atoms with E-state index >= 15 is 0 Å². The summed E-state index contributed by atoms with van der Waals surface area (Å²) in [6, 6.07) is 17.0. The van der Waals surface area contributed by atoms with E-state index in [4.69, 9.17) is 11.1 Å². The lowest BCUT2D eigenvalue weighted by Crippen LogP contribution is -2.13. The van der Waals surface area contributed by atoms with E-state index in [9.17, 15) is 0 Å². The summed E-state index contributed by atoms with van der Waals surface area (Å²) >= 11 is 0. The van der Waals surface area contributed by atoms with Crippen molar-refractivity contribution in [2.75, 3.05) is 5.73 Å². The summed E-state index contributed by atoms with van der Waals surface area (Å²) in [6.07, 6.45) is 6.37. The molecule has 2 aromatic rings. The first-order valence-electron chi connectivity index (χ1n) is 7.73. The van der Waals surface area contributed by atoms with Gasteiger partial charge in [-0.3, -0.25) is 0 Å². The fourth-order valence-electron chi connectivity index (χ4n) is 3.24. The van der Waals surface area contributed by atoms with Crippen LogP contribution in [0.15, 0.2) is 48.5 Å². The summed E-state index contributed by atoms with van der Waals surface area (Å²) in [5.41, 5.74) is 10.4. The van der Waals surface area contributed by atoms with Gasteiger partial charge in [-0.2, -0.15) is 0 Å². The van der Waals surface area contributed by atoms with Crippen LogP contribution in [0.4, 0.5) is 5.69 Å². The maximum Gasteiger partial charge on any atom is 0.0314 e. The Morgan fingerprint density at radius 2 is 1.33 bits per heavy atom. The van der Waals surface area contributed by atoms with Crippen molar-refractivity contribution in [3.05, 3.63) is 54.1 Å². The molecule has 3 rings (SSSR count). The first kappa shape index (κ1) is 13.9. The number of anilines is 1. The van der Waals surface area contributed by atoms with Gasteiger partial charge >= 0.3 is 0 Å². The minimum atomic E-state index is 0.510. The zero-order chi connectivity index (χ0) is 14.7. The van der Waals surface area contributed by atoms with E-state index in [0.29, 0.717) is 11.8 Å². The summed E-state index contributed by atoms with van der Waals surface area (Å²) in [4.78, 5) is 0. The highest BCUT2D eigenvalue weighted by Gasteiger charge is 2.20. The summed E-state index contributed by atoms with van der Waals surface area (Å²) in [5.74, 6) is 1.18. The highest BCUT2D eigenvalue weighted by molar-refractivity contribution is 5.65. The molecule has 0 atom stereocenters. The molecule has 1 fully saturated rings. The SMILES string of the molecule is N=CC1CCC(c2ccc(-c3ccc(N)cc3)cc2)CC1. The third-order valence-electron chi connectivity index (χ3n) is 4.63. The van der Waals surface area contributed by atoms with Gasteiger partial charge in [-0.25, -0.2) is 0 Å². The molecule has 1 aliphatic rings. The van der Waals surface area contributed by atoms with Crippen LogP contribution in [0.5, 0.6) is 0 Å². The predicted octanol–water partition coefficient (Wildman–Crippen LogP) is 4.86. The van der Waals surface area contributed by atoms with Crippen LogP contribution in [-0.4, -0.2) is 6.21 Å². The molecular formula is C19H22N2. The molecule has 1 aliphatic carbocycles. The van der Waals surface area contributed by atoms with Crippen molar-refractivity contribution in [1.29, 1.82) is 5.41 Å². The third-order valence-corrected chi connectivity index (χ3v) is 4.63. The van der Waals surface area contributed by atoms with Gasteiger partial charge in [-0.1, -0.05) is 36.4 Å². The van der Waals surface area contributed by atoms with Gasteiger partial charge in [0.2, 0.25) is 0 Å². The van der Waals surface area contributed by atoms with Crippen molar-refractivity contribution in [1.82, 2.24) is 0 Å². The van der Waals surface area contributed by atoms with E-state index < -0.39 is 0 Å². The van der Waals surface area contributed by atoms with Crippen molar-refractivity contribution >= 4 is 11.9 Å². The van der Waals surface area contributed by atoms with Gasteiger partial charge in [0, 0.05) is 5.69 Å². The fraction of sp³-hybridized carbons (Fsp3) is 0.316. The number of hydrogen-bond donors (Lipinski definition) is 2. The third kappa shape index (κ3) is 3.15. The highest BCUT2D eigenvalue weighted by atomic mass is 14.5. The Hall–Kier alpha value is -2.09. The van der Waals surface area contributed by atoms with Crippen molar-refractivity contribution < 1.29 is 0 Å². The lowest BCUT2D eigenvalue weighted by Gasteiger charge is -2.26. The zero-order valence-corrected chi connectivity index (χ0v) is 12.3. The molecule has 2 heteroatoms. The molecule has 3 N–H and O–H groups in total. The largest absolute Gasteiger partial charge is 0.399 e. The van der Waals surface area contributed by atoms with Gasteiger partial charge in [0.1, 0.15) is 0 Å². The lowest BCUT2D eigenvalue weighted by molar-refractivity contribution is 0.396.